The van der Waals surface area contributed by atoms with E-state index in [1.165, 1.54) is 18.3 Å². The second-order valence-corrected chi connectivity index (χ2v) is 8.68. The van der Waals surface area contributed by atoms with Gasteiger partial charge in [0, 0.05) is 12.6 Å². The number of carbonyl (C=O) groups is 1. The number of hydrogen-bond acceptors (Lipinski definition) is 5. The molecule has 1 spiro atoms. The van der Waals surface area contributed by atoms with Crippen LogP contribution in [0.5, 0.6) is 0 Å². The number of pyridine rings is 1. The zero-order valence-electron chi connectivity index (χ0n) is 17.3. The van der Waals surface area contributed by atoms with Gasteiger partial charge in [-0.15, -0.1) is 0 Å². The third kappa shape index (κ3) is 3.44. The first-order chi connectivity index (χ1) is 14.6. The van der Waals surface area contributed by atoms with Crippen molar-refractivity contribution in [1.82, 2.24) is 4.98 Å². The van der Waals surface area contributed by atoms with Crippen LogP contribution in [-0.2, 0) is 22.1 Å². The molecule has 0 unspecified atom stereocenters. The van der Waals surface area contributed by atoms with Gasteiger partial charge in [-0.1, -0.05) is 38.1 Å². The molecule has 0 amide bonds. The smallest absolute Gasteiger partial charge is 0.310 e. The number of benzene rings is 1. The Bertz CT molecular complexity index is 1120. The van der Waals surface area contributed by atoms with Gasteiger partial charge in [0.1, 0.15) is 5.69 Å². The predicted octanol–water partition coefficient (Wildman–Crippen LogP) is 4.30. The van der Waals surface area contributed by atoms with Crippen LogP contribution in [0, 0.1) is 6.57 Å². The molecule has 160 valence electrons. The number of amidine groups is 1. The highest BCUT2D eigenvalue weighted by atomic mass is 19.3. The van der Waals surface area contributed by atoms with E-state index in [1.54, 1.807) is 12.1 Å². The van der Waals surface area contributed by atoms with Gasteiger partial charge >= 0.3 is 5.92 Å². The Balaban J connectivity index is 1.76. The third-order valence-corrected chi connectivity index (χ3v) is 6.21. The Kier molecular flexibility index (Phi) is 4.80. The number of ketones is 1. The normalized spacial score (nSPS) is 23.3. The molecule has 6 nitrogen and oxygen atoms in total. The van der Waals surface area contributed by atoms with Gasteiger partial charge < -0.3 is 10.5 Å². The second kappa shape index (κ2) is 7.12. The number of nitrogens with zero attached hydrogens (tertiary/aromatic N) is 3. The number of rotatable bonds is 3. The molecule has 31 heavy (non-hydrogen) atoms. The molecule has 0 saturated heterocycles. The first kappa shape index (κ1) is 20.9. The highest BCUT2D eigenvalue weighted by Gasteiger charge is 2.61. The lowest BCUT2D eigenvalue weighted by Crippen LogP contribution is -2.55. The van der Waals surface area contributed by atoms with Crippen molar-refractivity contribution in [3.05, 3.63) is 70.3 Å². The largest absolute Gasteiger partial charge is 0.459 e. The Labute approximate surface area is 179 Å². The molecule has 2 aliphatic rings. The van der Waals surface area contributed by atoms with E-state index in [4.69, 9.17) is 17.0 Å². The molecule has 4 rings (SSSR count). The Morgan fingerprint density at radius 3 is 2.68 bits per heavy atom. The molecular formula is C23H22F2N4O2. The molecule has 0 bridgehead atoms. The SMILES string of the molecule is [C-]#[N+]c1ccc(C(=O)Cc2ccc3c(c2)[C@@]2(CCC3(C)C)N=C(N)OCC2(F)F)nc1. The number of ether oxygens (including phenoxy) is 1. The van der Waals surface area contributed by atoms with E-state index < -0.39 is 18.1 Å². The van der Waals surface area contributed by atoms with Crippen LogP contribution < -0.4 is 5.73 Å². The predicted molar refractivity (Wildman–Crippen MR) is 111 cm³/mol. The number of aromatic nitrogens is 1. The molecule has 1 aromatic heterocycles. The summed E-state index contributed by atoms with van der Waals surface area (Å²) in [5.74, 6) is -3.50. The minimum absolute atomic E-state index is 0.00454. The van der Waals surface area contributed by atoms with Gasteiger partial charge in [-0.2, -0.15) is 8.78 Å². The zero-order chi connectivity index (χ0) is 22.4. The average molecular weight is 424 g/mol. The molecule has 2 aromatic rings. The fourth-order valence-corrected chi connectivity index (χ4v) is 4.37. The fourth-order valence-electron chi connectivity index (χ4n) is 4.37. The lowest BCUT2D eigenvalue weighted by atomic mass is 9.63. The van der Waals surface area contributed by atoms with Crippen molar-refractivity contribution in [2.24, 2.45) is 10.7 Å². The van der Waals surface area contributed by atoms with Crippen molar-refractivity contribution in [2.45, 2.75) is 50.0 Å². The highest BCUT2D eigenvalue weighted by molar-refractivity contribution is 5.96. The molecule has 0 saturated carbocycles. The molecular weight excluding hydrogens is 402 g/mol. The van der Waals surface area contributed by atoms with E-state index >= 15 is 8.78 Å². The van der Waals surface area contributed by atoms with Crippen molar-refractivity contribution in [2.75, 3.05) is 6.61 Å². The summed E-state index contributed by atoms with van der Waals surface area (Å²) < 4.78 is 35.2. The minimum atomic E-state index is -3.24. The number of hydrogen-bond donors (Lipinski definition) is 1. The molecule has 2 heterocycles. The van der Waals surface area contributed by atoms with Gasteiger partial charge in [-0.05, 0) is 41.0 Å². The van der Waals surface area contributed by atoms with Crippen LogP contribution in [-0.4, -0.2) is 29.3 Å². The van der Waals surface area contributed by atoms with Crippen LogP contribution in [0.15, 0.2) is 41.5 Å². The van der Waals surface area contributed by atoms with Crippen LogP contribution >= 0.6 is 0 Å². The monoisotopic (exact) mass is 424 g/mol. The summed E-state index contributed by atoms with van der Waals surface area (Å²) in [7, 11) is 0. The molecule has 2 N–H and O–H groups in total. The number of Topliss-reactive ketones (excluding diaryl/α,β-unsaturated/α-hetero) is 1. The quantitative estimate of drug-likeness (QED) is 0.588. The summed E-state index contributed by atoms with van der Waals surface area (Å²) >= 11 is 0. The van der Waals surface area contributed by atoms with E-state index in [0.29, 0.717) is 23.2 Å². The molecule has 0 fully saturated rings. The summed E-state index contributed by atoms with van der Waals surface area (Å²) in [5, 5.41) is 0. The first-order valence-corrected chi connectivity index (χ1v) is 9.94. The van der Waals surface area contributed by atoms with Gasteiger partial charge in [0.2, 0.25) is 5.69 Å². The molecule has 0 radical (unpaired) electrons. The van der Waals surface area contributed by atoms with E-state index in [2.05, 4.69) is 14.8 Å². The first-order valence-electron chi connectivity index (χ1n) is 9.94. The maximum Gasteiger partial charge on any atom is 0.310 e. The molecule has 8 heteroatoms. The summed E-state index contributed by atoms with van der Waals surface area (Å²) in [6.07, 6.45) is 1.98. The summed E-state index contributed by atoms with van der Waals surface area (Å²) in [6, 6.07) is 8.02. The van der Waals surface area contributed by atoms with Crippen molar-refractivity contribution < 1.29 is 18.3 Å². The maximum absolute atomic E-state index is 15.2. The van der Waals surface area contributed by atoms with Gasteiger partial charge in [0.05, 0.1) is 6.57 Å². The molecule has 1 aliphatic heterocycles. The van der Waals surface area contributed by atoms with E-state index in [9.17, 15) is 4.79 Å². The Morgan fingerprint density at radius 1 is 1.23 bits per heavy atom. The Morgan fingerprint density at radius 2 is 2.00 bits per heavy atom. The summed E-state index contributed by atoms with van der Waals surface area (Å²) in [6.45, 7) is 10.2. The lowest BCUT2D eigenvalue weighted by molar-refractivity contribution is -0.129. The van der Waals surface area contributed by atoms with Gasteiger partial charge in [-0.3, -0.25) is 9.78 Å². The van der Waals surface area contributed by atoms with Crippen LogP contribution in [0.1, 0.15) is 53.9 Å². The van der Waals surface area contributed by atoms with E-state index in [-0.39, 0.29) is 35.8 Å². The molecule has 1 aliphatic carbocycles. The number of fused-ring (bicyclic) bond motifs is 2. The van der Waals surface area contributed by atoms with Crippen LogP contribution in [0.3, 0.4) is 0 Å². The highest BCUT2D eigenvalue weighted by Crippen LogP contribution is 2.55. The summed E-state index contributed by atoms with van der Waals surface area (Å²) in [5.41, 5.74) is 5.90. The number of alkyl halides is 2. The van der Waals surface area contributed by atoms with Crippen LogP contribution in [0.25, 0.3) is 4.85 Å². The topological polar surface area (TPSA) is 81.9 Å². The number of halogens is 2. The van der Waals surface area contributed by atoms with Crippen molar-refractivity contribution >= 4 is 17.5 Å². The number of nitrogens with two attached hydrogens (primary N) is 1. The minimum Gasteiger partial charge on any atom is -0.459 e. The van der Waals surface area contributed by atoms with Crippen molar-refractivity contribution in [3.63, 3.8) is 0 Å². The number of carbonyl (C=O) groups excluding carboxylic acids is 1. The third-order valence-electron chi connectivity index (χ3n) is 6.21. The second-order valence-electron chi connectivity index (χ2n) is 8.68. The van der Waals surface area contributed by atoms with Gasteiger partial charge in [0.25, 0.3) is 6.02 Å². The maximum atomic E-state index is 15.2. The Hall–Kier alpha value is -3.34. The van der Waals surface area contributed by atoms with Crippen molar-refractivity contribution in [1.29, 1.82) is 0 Å². The van der Waals surface area contributed by atoms with Gasteiger partial charge in [-0.25, -0.2) is 9.84 Å². The lowest BCUT2D eigenvalue weighted by Gasteiger charge is -2.48. The van der Waals surface area contributed by atoms with E-state index in [0.717, 1.165) is 5.56 Å². The van der Waals surface area contributed by atoms with E-state index in [1.807, 2.05) is 19.9 Å². The van der Waals surface area contributed by atoms with Crippen molar-refractivity contribution in [3.8, 4) is 0 Å². The standard InChI is InChI=1S/C23H22F2N4O2/c1-21(2)8-9-22(23(24,25)13-31-20(26)29-22)17-10-14(4-6-16(17)21)11-19(30)18-7-5-15(27-3)12-28-18/h4-7,10,12H,8-9,11,13H2,1-2H3,(H2,26,29)/t22-/m1/s1. The molecule has 1 atom stereocenters. The number of aliphatic imine (C=N–C) groups is 1. The molecule has 1 aromatic carbocycles. The van der Waals surface area contributed by atoms with Crippen LogP contribution in [0.4, 0.5) is 14.5 Å². The average Bonchev–Trinajstić information content (AvgIpc) is 2.74. The zero-order valence-corrected chi connectivity index (χ0v) is 17.3. The van der Waals surface area contributed by atoms with Gasteiger partial charge in [0.15, 0.2) is 17.9 Å². The fraction of sp³-hybridized carbons (Fsp3) is 0.391. The van der Waals surface area contributed by atoms with Crippen LogP contribution in [0.2, 0.25) is 0 Å². The summed E-state index contributed by atoms with van der Waals surface area (Å²) in [4.78, 5) is 24.1.